The van der Waals surface area contributed by atoms with Crippen molar-refractivity contribution >= 4 is 19.5 Å². The van der Waals surface area contributed by atoms with E-state index in [1.807, 2.05) is 0 Å². The largest absolute Gasteiger partial charge is 0.462 e. The maximum absolute atomic E-state index is 16.0. The van der Waals surface area contributed by atoms with Crippen molar-refractivity contribution in [1.82, 2.24) is 14.6 Å². The van der Waals surface area contributed by atoms with Gasteiger partial charge < -0.3 is 30.6 Å². The maximum Gasteiger partial charge on any atom is 0.459 e. The number of benzene rings is 1. The number of carbonyl (C=O) groups is 1. The Labute approximate surface area is 212 Å². The van der Waals surface area contributed by atoms with Crippen LogP contribution in [0.25, 0.3) is 0 Å². The van der Waals surface area contributed by atoms with Gasteiger partial charge >= 0.3 is 19.4 Å². The summed E-state index contributed by atoms with van der Waals surface area (Å²) in [6, 6.07) is 7.89. The average molecular weight is 543 g/mol. The summed E-state index contributed by atoms with van der Waals surface area (Å²) in [7, 11) is -4.49. The van der Waals surface area contributed by atoms with Crippen molar-refractivity contribution in [3.63, 3.8) is 0 Å². The van der Waals surface area contributed by atoms with Gasteiger partial charge in [-0.1, -0.05) is 18.2 Å². The second-order valence-corrected chi connectivity index (χ2v) is 10.8. The number of anilines is 1. The molecule has 15 heteroatoms. The van der Waals surface area contributed by atoms with Crippen LogP contribution in [0.1, 0.15) is 33.9 Å². The zero-order valence-corrected chi connectivity index (χ0v) is 21.6. The third-order valence-electron chi connectivity index (χ3n) is 5.40. The predicted molar refractivity (Wildman–Crippen MR) is 130 cm³/mol. The van der Waals surface area contributed by atoms with Crippen molar-refractivity contribution in [3.8, 4) is 5.75 Å². The molecule has 37 heavy (non-hydrogen) atoms. The Morgan fingerprint density at radius 1 is 1.32 bits per heavy atom. The minimum Gasteiger partial charge on any atom is -0.462 e. The van der Waals surface area contributed by atoms with Gasteiger partial charge in [0.15, 0.2) is 6.23 Å². The number of carbonyl (C=O) groups excluding carboxylic acids is 1. The van der Waals surface area contributed by atoms with Crippen LogP contribution in [-0.4, -0.2) is 56.9 Å². The Hall–Kier alpha value is -2.87. The molecule has 0 bridgehead atoms. The molecule has 1 aliphatic rings. The van der Waals surface area contributed by atoms with Crippen LogP contribution in [0.4, 0.5) is 10.2 Å². The minimum atomic E-state index is -4.49. The first-order valence-electron chi connectivity index (χ1n) is 11.3. The van der Waals surface area contributed by atoms with Crippen LogP contribution < -0.4 is 26.8 Å². The lowest BCUT2D eigenvalue weighted by Crippen LogP contribution is -2.55. The SMILES string of the molecule is CC(C)OC(=O)C(C)NP(=O)(OCC1(F)OC(n2ccc(N)nc2=O)C(C)(N)C1O)Oc1ccccc1. The highest BCUT2D eigenvalue weighted by atomic mass is 31.2. The van der Waals surface area contributed by atoms with Crippen LogP contribution in [0, 0.1) is 0 Å². The molecule has 1 aromatic carbocycles. The van der Waals surface area contributed by atoms with Crippen molar-refractivity contribution in [2.45, 2.75) is 63.6 Å². The summed E-state index contributed by atoms with van der Waals surface area (Å²) in [5.41, 5.74) is 8.89. The molecular weight excluding hydrogens is 512 g/mol. The second kappa shape index (κ2) is 10.9. The number of nitrogens with zero attached hydrogens (tertiary/aromatic N) is 2. The van der Waals surface area contributed by atoms with Crippen LogP contribution in [-0.2, 0) is 23.4 Å². The molecule has 6 N–H and O–H groups in total. The molecule has 0 radical (unpaired) electrons. The van der Waals surface area contributed by atoms with Crippen molar-refractivity contribution < 1.29 is 37.4 Å². The number of nitrogen functional groups attached to an aromatic ring is 1. The van der Waals surface area contributed by atoms with E-state index in [0.29, 0.717) is 0 Å². The van der Waals surface area contributed by atoms with Crippen molar-refractivity contribution in [2.24, 2.45) is 5.73 Å². The number of aromatic nitrogens is 2. The summed E-state index contributed by atoms with van der Waals surface area (Å²) in [6.45, 7) is 4.73. The Bertz CT molecular complexity index is 1210. The number of halogens is 1. The number of hydrogen-bond acceptors (Lipinski definition) is 11. The number of ether oxygens (including phenoxy) is 2. The Kier molecular flexibility index (Phi) is 8.42. The van der Waals surface area contributed by atoms with E-state index in [1.165, 1.54) is 38.2 Å². The van der Waals surface area contributed by atoms with E-state index in [1.54, 1.807) is 32.0 Å². The van der Waals surface area contributed by atoms with E-state index in [4.69, 9.17) is 30.0 Å². The van der Waals surface area contributed by atoms with Gasteiger partial charge in [-0.05, 0) is 45.9 Å². The Morgan fingerprint density at radius 3 is 2.57 bits per heavy atom. The first-order chi connectivity index (χ1) is 17.2. The monoisotopic (exact) mass is 543 g/mol. The number of aliphatic hydroxyl groups excluding tert-OH is 1. The van der Waals surface area contributed by atoms with Crippen LogP contribution in [0.5, 0.6) is 5.75 Å². The summed E-state index contributed by atoms with van der Waals surface area (Å²) >= 11 is 0. The molecule has 6 unspecified atom stereocenters. The van der Waals surface area contributed by atoms with Gasteiger partial charge in [-0.15, -0.1) is 0 Å². The topological polar surface area (TPSA) is 190 Å². The molecule has 3 rings (SSSR count). The lowest BCUT2D eigenvalue weighted by Gasteiger charge is -2.29. The molecule has 0 aliphatic carbocycles. The predicted octanol–water partition coefficient (Wildman–Crippen LogP) is 1.23. The molecule has 1 aromatic heterocycles. The standard InChI is InChI=1S/C22H31FN5O8P/c1-13(2)34-17(29)14(3)27-37(32,36-15-8-6-5-7-9-15)33-12-22(23)18(30)21(4,25)19(35-22)28-11-10-16(24)26-20(28)31/h5-11,13-14,18-19,30H,12,25H2,1-4H3,(H,27,32)(H2,24,26,31). The quantitative estimate of drug-likeness (QED) is 0.248. The molecule has 0 saturated carbocycles. The van der Waals surface area contributed by atoms with Gasteiger partial charge in [-0.2, -0.15) is 10.1 Å². The fraction of sp³-hybridized carbons (Fsp3) is 0.500. The summed E-state index contributed by atoms with van der Waals surface area (Å²) in [5.74, 6) is -3.80. The Morgan fingerprint density at radius 2 is 1.97 bits per heavy atom. The van der Waals surface area contributed by atoms with Crippen LogP contribution in [0.2, 0.25) is 0 Å². The van der Waals surface area contributed by atoms with Gasteiger partial charge in [0.05, 0.1) is 11.6 Å². The number of esters is 1. The van der Waals surface area contributed by atoms with Gasteiger partial charge in [0, 0.05) is 6.20 Å². The normalized spacial score (nSPS) is 28.0. The smallest absolute Gasteiger partial charge is 0.459 e. The summed E-state index contributed by atoms with van der Waals surface area (Å²) in [5, 5.41) is 13.1. The highest BCUT2D eigenvalue weighted by molar-refractivity contribution is 7.52. The lowest BCUT2D eigenvalue weighted by atomic mass is 9.92. The molecule has 13 nitrogen and oxygen atoms in total. The third-order valence-corrected chi connectivity index (χ3v) is 7.02. The van der Waals surface area contributed by atoms with Crippen molar-refractivity contribution in [2.75, 3.05) is 12.3 Å². The number of para-hydroxylation sites is 1. The number of nitrogens with one attached hydrogen (secondary N) is 1. The Balaban J connectivity index is 1.85. The molecule has 0 spiro atoms. The third kappa shape index (κ3) is 6.53. The zero-order valence-electron chi connectivity index (χ0n) is 20.7. The molecule has 204 valence electrons. The number of aliphatic hydroxyl groups is 1. The molecule has 0 amide bonds. The van der Waals surface area contributed by atoms with Crippen LogP contribution in [0.3, 0.4) is 0 Å². The molecular formula is C22H31FN5O8P. The van der Waals surface area contributed by atoms with E-state index >= 15 is 4.39 Å². The molecule has 6 atom stereocenters. The van der Waals surface area contributed by atoms with Gasteiger partial charge in [0.2, 0.25) is 0 Å². The van der Waals surface area contributed by atoms with Crippen LogP contribution in [0.15, 0.2) is 47.4 Å². The van der Waals surface area contributed by atoms with E-state index in [2.05, 4.69) is 10.1 Å². The number of rotatable bonds is 10. The van der Waals surface area contributed by atoms with Crippen molar-refractivity contribution in [1.29, 1.82) is 0 Å². The highest BCUT2D eigenvalue weighted by Gasteiger charge is 2.62. The van der Waals surface area contributed by atoms with Crippen molar-refractivity contribution in [3.05, 3.63) is 53.1 Å². The molecule has 1 aliphatic heterocycles. The molecule has 2 aromatic rings. The first kappa shape index (κ1) is 28.7. The van der Waals surface area contributed by atoms with E-state index < -0.39 is 61.9 Å². The van der Waals surface area contributed by atoms with Gasteiger partial charge in [0.1, 0.15) is 30.3 Å². The van der Waals surface area contributed by atoms with E-state index in [-0.39, 0.29) is 11.6 Å². The average Bonchev–Trinajstić information content (AvgIpc) is 2.98. The van der Waals surface area contributed by atoms with Gasteiger partial charge in [-0.3, -0.25) is 13.9 Å². The maximum atomic E-state index is 16.0. The van der Waals surface area contributed by atoms with E-state index in [9.17, 15) is 19.3 Å². The lowest BCUT2D eigenvalue weighted by molar-refractivity contribution is -0.203. The van der Waals surface area contributed by atoms with E-state index in [0.717, 1.165) is 4.57 Å². The molecule has 1 fully saturated rings. The first-order valence-corrected chi connectivity index (χ1v) is 12.9. The molecule has 2 heterocycles. The second-order valence-electron chi connectivity index (χ2n) is 9.08. The van der Waals surface area contributed by atoms with Gasteiger partial charge in [-0.25, -0.2) is 13.8 Å². The summed E-state index contributed by atoms with van der Waals surface area (Å²) < 4.78 is 51.7. The highest BCUT2D eigenvalue weighted by Crippen LogP contribution is 2.49. The number of hydrogen-bond donors (Lipinski definition) is 4. The summed E-state index contributed by atoms with van der Waals surface area (Å²) in [6.07, 6.45) is -2.84. The summed E-state index contributed by atoms with van der Waals surface area (Å²) in [4.78, 5) is 28.1. The van der Waals surface area contributed by atoms with Gasteiger partial charge in [0.25, 0.3) is 5.85 Å². The fourth-order valence-electron chi connectivity index (χ4n) is 3.56. The number of nitrogens with two attached hydrogens (primary N) is 2. The number of alkyl halides is 1. The molecule has 1 saturated heterocycles. The zero-order chi connectivity index (χ0) is 27.6. The fourth-order valence-corrected chi connectivity index (χ4v) is 5.06. The van der Waals surface area contributed by atoms with Crippen LogP contribution >= 0.6 is 7.75 Å². The minimum absolute atomic E-state index is 0.0800.